The Morgan fingerprint density at radius 3 is 2.72 bits per heavy atom. The van der Waals surface area contributed by atoms with Crippen LogP contribution in [0.2, 0.25) is 0 Å². The van der Waals surface area contributed by atoms with Crippen LogP contribution in [0.1, 0.15) is 31.1 Å². The third-order valence-electron chi connectivity index (χ3n) is 2.42. The Morgan fingerprint density at radius 2 is 2.17 bits per heavy atom. The van der Waals surface area contributed by atoms with Gasteiger partial charge in [0.1, 0.15) is 5.75 Å². The summed E-state index contributed by atoms with van der Waals surface area (Å²) in [5.41, 5.74) is 0.0185. The van der Waals surface area contributed by atoms with E-state index in [9.17, 15) is 9.90 Å². The molecule has 0 spiro atoms. The minimum absolute atomic E-state index is 0.0479. The van der Waals surface area contributed by atoms with Crippen LogP contribution in [0.15, 0.2) is 22.7 Å². The number of carbonyl (C=O) groups is 1. The Morgan fingerprint density at radius 1 is 1.50 bits per heavy atom. The highest BCUT2D eigenvalue weighted by molar-refractivity contribution is 9.10. The van der Waals surface area contributed by atoms with Crippen molar-refractivity contribution in [2.75, 3.05) is 13.2 Å². The monoisotopic (exact) mass is 315 g/mol. The first-order valence-corrected chi connectivity index (χ1v) is 6.55. The molecule has 1 rings (SSSR count). The van der Waals surface area contributed by atoms with Crippen molar-refractivity contribution in [1.82, 2.24) is 5.32 Å². The Bertz CT molecular complexity index is 432. The first kappa shape index (κ1) is 15.0. The fourth-order valence-electron chi connectivity index (χ4n) is 1.49. The zero-order chi connectivity index (χ0) is 13.8. The van der Waals surface area contributed by atoms with Crippen molar-refractivity contribution in [3.05, 3.63) is 28.2 Å². The Balaban J connectivity index is 2.63. The number of phenols is 1. The number of carbonyl (C=O) groups excluding carboxylic acids is 1. The van der Waals surface area contributed by atoms with Crippen molar-refractivity contribution in [3.63, 3.8) is 0 Å². The Hall–Kier alpha value is -1.07. The van der Waals surface area contributed by atoms with Crippen LogP contribution < -0.4 is 5.32 Å². The quantitative estimate of drug-likeness (QED) is 0.878. The topological polar surface area (TPSA) is 58.6 Å². The van der Waals surface area contributed by atoms with Crippen LogP contribution in [-0.4, -0.2) is 29.8 Å². The molecule has 0 unspecified atom stereocenters. The number of amides is 1. The molecular weight excluding hydrogens is 298 g/mol. The summed E-state index contributed by atoms with van der Waals surface area (Å²) in [6, 6.07) is 4.71. The third kappa shape index (κ3) is 4.31. The number of ether oxygens (including phenoxy) is 1. The molecular formula is C13H18BrNO3. The smallest absolute Gasteiger partial charge is 0.251 e. The predicted molar refractivity (Wildman–Crippen MR) is 73.8 cm³/mol. The first-order valence-electron chi connectivity index (χ1n) is 5.76. The van der Waals surface area contributed by atoms with Gasteiger partial charge in [-0.1, -0.05) is 0 Å². The van der Waals surface area contributed by atoms with Gasteiger partial charge >= 0.3 is 0 Å². The summed E-state index contributed by atoms with van der Waals surface area (Å²) in [4.78, 5) is 11.9. The van der Waals surface area contributed by atoms with E-state index >= 15 is 0 Å². The van der Waals surface area contributed by atoms with Crippen LogP contribution in [-0.2, 0) is 4.74 Å². The number of hydrogen-bond acceptors (Lipinski definition) is 3. The molecule has 5 heteroatoms. The van der Waals surface area contributed by atoms with E-state index in [-0.39, 0.29) is 11.7 Å². The molecule has 0 aliphatic rings. The Labute approximate surface area is 115 Å². The average Bonchev–Trinajstić information content (AvgIpc) is 2.30. The molecule has 2 N–H and O–H groups in total. The van der Waals surface area contributed by atoms with E-state index < -0.39 is 5.60 Å². The van der Waals surface area contributed by atoms with E-state index in [4.69, 9.17) is 4.74 Å². The molecule has 0 bridgehead atoms. The van der Waals surface area contributed by atoms with Gasteiger partial charge in [-0.2, -0.15) is 0 Å². The van der Waals surface area contributed by atoms with E-state index in [0.29, 0.717) is 23.2 Å². The van der Waals surface area contributed by atoms with E-state index in [0.717, 1.165) is 0 Å². The van der Waals surface area contributed by atoms with Crippen LogP contribution in [0.5, 0.6) is 5.75 Å². The second kappa shape index (κ2) is 6.20. The van der Waals surface area contributed by atoms with Crippen molar-refractivity contribution >= 4 is 21.8 Å². The summed E-state index contributed by atoms with van der Waals surface area (Å²) < 4.78 is 6.05. The minimum Gasteiger partial charge on any atom is -0.507 e. The molecule has 0 heterocycles. The van der Waals surface area contributed by atoms with Crippen molar-refractivity contribution in [3.8, 4) is 5.75 Å². The van der Waals surface area contributed by atoms with Gasteiger partial charge in [0.25, 0.3) is 5.91 Å². The van der Waals surface area contributed by atoms with E-state index in [2.05, 4.69) is 21.2 Å². The van der Waals surface area contributed by atoms with E-state index in [1.807, 2.05) is 20.8 Å². The zero-order valence-corrected chi connectivity index (χ0v) is 12.4. The van der Waals surface area contributed by atoms with E-state index in [1.165, 1.54) is 6.07 Å². The maximum Gasteiger partial charge on any atom is 0.251 e. The molecule has 4 nitrogen and oxygen atoms in total. The maximum atomic E-state index is 11.9. The molecule has 0 radical (unpaired) electrons. The van der Waals surface area contributed by atoms with Crippen molar-refractivity contribution in [1.29, 1.82) is 0 Å². The molecule has 18 heavy (non-hydrogen) atoms. The van der Waals surface area contributed by atoms with Crippen molar-refractivity contribution < 1.29 is 14.6 Å². The molecule has 100 valence electrons. The summed E-state index contributed by atoms with van der Waals surface area (Å²) in [6.07, 6.45) is 0. The number of aromatic hydroxyl groups is 1. The summed E-state index contributed by atoms with van der Waals surface area (Å²) in [7, 11) is 0. The fraction of sp³-hybridized carbons (Fsp3) is 0.462. The molecule has 0 saturated carbocycles. The van der Waals surface area contributed by atoms with Crippen LogP contribution >= 0.6 is 15.9 Å². The third-order valence-corrected chi connectivity index (χ3v) is 3.09. The summed E-state index contributed by atoms with van der Waals surface area (Å²) in [5.74, 6) is -0.183. The molecule has 0 aromatic heterocycles. The van der Waals surface area contributed by atoms with Gasteiger partial charge in [0.2, 0.25) is 0 Å². The van der Waals surface area contributed by atoms with Gasteiger partial charge in [-0.05, 0) is 54.9 Å². The largest absolute Gasteiger partial charge is 0.507 e. The van der Waals surface area contributed by atoms with Gasteiger partial charge in [-0.15, -0.1) is 0 Å². The lowest BCUT2D eigenvalue weighted by Crippen LogP contribution is -2.40. The average molecular weight is 316 g/mol. The number of hydrogen-bond donors (Lipinski definition) is 2. The van der Waals surface area contributed by atoms with Crippen LogP contribution in [0.3, 0.4) is 0 Å². The SMILES string of the molecule is CCOC(C)(C)CNC(=O)c1ccc(Br)c(O)c1. The first-order chi connectivity index (χ1) is 8.35. The maximum absolute atomic E-state index is 11.9. The highest BCUT2D eigenvalue weighted by Gasteiger charge is 2.19. The summed E-state index contributed by atoms with van der Waals surface area (Å²) in [6.45, 7) is 6.75. The van der Waals surface area contributed by atoms with Gasteiger partial charge < -0.3 is 15.2 Å². The van der Waals surface area contributed by atoms with Crippen LogP contribution in [0.4, 0.5) is 0 Å². The number of benzene rings is 1. The van der Waals surface area contributed by atoms with Gasteiger partial charge in [-0.25, -0.2) is 0 Å². The van der Waals surface area contributed by atoms with Crippen LogP contribution in [0, 0.1) is 0 Å². The number of phenolic OH excluding ortho intramolecular Hbond substituents is 1. The second-order valence-corrected chi connectivity index (χ2v) is 5.40. The van der Waals surface area contributed by atoms with Crippen LogP contribution in [0.25, 0.3) is 0 Å². The highest BCUT2D eigenvalue weighted by Crippen LogP contribution is 2.24. The molecule has 0 saturated heterocycles. The lowest BCUT2D eigenvalue weighted by Gasteiger charge is -2.24. The lowest BCUT2D eigenvalue weighted by atomic mass is 10.1. The zero-order valence-electron chi connectivity index (χ0n) is 10.8. The Kier molecular flexibility index (Phi) is 5.16. The summed E-state index contributed by atoms with van der Waals surface area (Å²) >= 11 is 3.17. The molecule has 0 aliphatic heterocycles. The standard InChI is InChI=1S/C13H18BrNO3/c1-4-18-13(2,3)8-15-12(17)9-5-6-10(14)11(16)7-9/h5-7,16H,4,8H2,1-3H3,(H,15,17). The number of nitrogens with one attached hydrogen (secondary N) is 1. The number of rotatable bonds is 5. The van der Waals surface area contributed by atoms with Gasteiger partial charge in [0.05, 0.1) is 10.1 Å². The molecule has 1 amide bonds. The second-order valence-electron chi connectivity index (χ2n) is 4.54. The van der Waals surface area contributed by atoms with Gasteiger partial charge in [-0.3, -0.25) is 4.79 Å². The van der Waals surface area contributed by atoms with Gasteiger partial charge in [0.15, 0.2) is 0 Å². The van der Waals surface area contributed by atoms with Gasteiger partial charge in [0, 0.05) is 18.7 Å². The molecule has 0 atom stereocenters. The highest BCUT2D eigenvalue weighted by atomic mass is 79.9. The normalized spacial score (nSPS) is 11.3. The molecule has 1 aromatic carbocycles. The minimum atomic E-state index is -0.401. The summed E-state index contributed by atoms with van der Waals surface area (Å²) in [5, 5.41) is 12.3. The number of halogens is 1. The van der Waals surface area contributed by atoms with Crippen molar-refractivity contribution in [2.45, 2.75) is 26.4 Å². The predicted octanol–water partition coefficient (Wildman–Crippen LogP) is 2.70. The molecule has 1 aromatic rings. The lowest BCUT2D eigenvalue weighted by molar-refractivity contribution is -0.00815. The fourth-order valence-corrected chi connectivity index (χ4v) is 1.74. The molecule has 0 fully saturated rings. The molecule has 0 aliphatic carbocycles. The van der Waals surface area contributed by atoms with Crippen molar-refractivity contribution in [2.24, 2.45) is 0 Å². The van der Waals surface area contributed by atoms with E-state index in [1.54, 1.807) is 12.1 Å².